The fourth-order valence-corrected chi connectivity index (χ4v) is 4.19. The Bertz CT molecular complexity index is 654. The summed E-state index contributed by atoms with van der Waals surface area (Å²) in [5, 5.41) is 0. The van der Waals surface area contributed by atoms with Crippen LogP contribution in [0.5, 0.6) is 0 Å². The molecule has 0 saturated heterocycles. The Balaban J connectivity index is 1.58. The van der Waals surface area contributed by atoms with Crippen molar-refractivity contribution >= 4 is 17.8 Å². The molecule has 1 fully saturated rings. The van der Waals surface area contributed by atoms with Crippen molar-refractivity contribution in [3.05, 3.63) is 22.8 Å². The summed E-state index contributed by atoms with van der Waals surface area (Å²) in [6, 6.07) is 0. The number of carbonyl (C=O) groups is 3. The highest BCUT2D eigenvalue weighted by Gasteiger charge is 2.51. The molecule has 25 heavy (non-hydrogen) atoms. The van der Waals surface area contributed by atoms with Gasteiger partial charge in [0.25, 0.3) is 11.8 Å². The molecule has 2 unspecified atom stereocenters. The minimum Gasteiger partial charge on any atom is -0.443 e. The monoisotopic (exact) mass is 345 g/mol. The van der Waals surface area contributed by atoms with E-state index in [2.05, 4.69) is 33.8 Å². The lowest BCUT2D eigenvalue weighted by molar-refractivity contribution is -0.170. The lowest BCUT2D eigenvalue weighted by Crippen LogP contribution is -2.49. The van der Waals surface area contributed by atoms with Crippen LogP contribution in [0.1, 0.15) is 59.8 Å². The number of ether oxygens (including phenoxy) is 1. The van der Waals surface area contributed by atoms with E-state index >= 15 is 0 Å². The van der Waals surface area contributed by atoms with E-state index in [1.54, 1.807) is 0 Å². The standard InChI is InChI=1S/C20H27NO4/c1-12(2)9-13-10-16(20(13,3)4)19(24)25-11-21-17(22)14-7-5-6-8-15(14)18(21)23/h9,13,16H,5-8,10-11H2,1-4H3. The van der Waals surface area contributed by atoms with Gasteiger partial charge in [0.1, 0.15) is 0 Å². The van der Waals surface area contributed by atoms with Crippen LogP contribution in [0, 0.1) is 17.3 Å². The lowest BCUT2D eigenvalue weighted by atomic mass is 9.54. The maximum absolute atomic E-state index is 12.5. The average molecular weight is 345 g/mol. The molecule has 5 heteroatoms. The van der Waals surface area contributed by atoms with Gasteiger partial charge in [0.2, 0.25) is 0 Å². The van der Waals surface area contributed by atoms with Crippen LogP contribution in [-0.4, -0.2) is 29.4 Å². The molecule has 0 radical (unpaired) electrons. The highest BCUT2D eigenvalue weighted by molar-refractivity contribution is 6.19. The molecule has 3 aliphatic rings. The Morgan fingerprint density at radius 1 is 1.16 bits per heavy atom. The zero-order chi connectivity index (χ0) is 18.4. The summed E-state index contributed by atoms with van der Waals surface area (Å²) >= 11 is 0. The van der Waals surface area contributed by atoms with Gasteiger partial charge in [0.05, 0.1) is 5.92 Å². The van der Waals surface area contributed by atoms with Crippen LogP contribution in [-0.2, 0) is 19.1 Å². The van der Waals surface area contributed by atoms with E-state index in [1.165, 1.54) is 5.57 Å². The average Bonchev–Trinajstić information content (AvgIpc) is 2.80. The molecule has 3 rings (SSSR count). The third-order valence-electron chi connectivity index (χ3n) is 5.97. The van der Waals surface area contributed by atoms with E-state index in [0.29, 0.717) is 29.9 Å². The van der Waals surface area contributed by atoms with Crippen molar-refractivity contribution < 1.29 is 19.1 Å². The predicted octanol–water partition coefficient (Wildman–Crippen LogP) is 3.36. The van der Waals surface area contributed by atoms with Crippen LogP contribution in [0.2, 0.25) is 0 Å². The molecule has 1 aliphatic heterocycles. The fourth-order valence-electron chi connectivity index (χ4n) is 4.19. The van der Waals surface area contributed by atoms with Crippen LogP contribution in [0.4, 0.5) is 0 Å². The first-order valence-corrected chi connectivity index (χ1v) is 9.13. The van der Waals surface area contributed by atoms with Gasteiger partial charge in [-0.3, -0.25) is 14.4 Å². The third kappa shape index (κ3) is 3.05. The highest BCUT2D eigenvalue weighted by atomic mass is 16.5. The normalized spacial score (nSPS) is 27.8. The van der Waals surface area contributed by atoms with Gasteiger partial charge < -0.3 is 4.74 Å². The summed E-state index contributed by atoms with van der Waals surface area (Å²) in [4.78, 5) is 38.3. The van der Waals surface area contributed by atoms with Gasteiger partial charge >= 0.3 is 5.97 Å². The molecule has 0 N–H and O–H groups in total. The Labute approximate surface area is 149 Å². The number of hydrogen-bond acceptors (Lipinski definition) is 4. The number of nitrogens with zero attached hydrogens (tertiary/aromatic N) is 1. The van der Waals surface area contributed by atoms with Crippen molar-refractivity contribution in [1.29, 1.82) is 0 Å². The summed E-state index contributed by atoms with van der Waals surface area (Å²) in [7, 11) is 0. The SMILES string of the molecule is CC(C)=CC1CC(C(=O)OCN2C(=O)C3=C(CCCC3)C2=O)C1(C)C. The molecule has 0 bridgehead atoms. The minimum absolute atomic E-state index is 0.162. The minimum atomic E-state index is -0.311. The van der Waals surface area contributed by atoms with Crippen LogP contribution in [0.3, 0.4) is 0 Å². The summed E-state index contributed by atoms with van der Waals surface area (Å²) in [6.45, 7) is 7.99. The van der Waals surface area contributed by atoms with Gasteiger partial charge in [-0.05, 0) is 57.3 Å². The van der Waals surface area contributed by atoms with Gasteiger partial charge in [-0.2, -0.15) is 0 Å². The molecule has 136 valence electrons. The van der Waals surface area contributed by atoms with Gasteiger partial charge in [-0.15, -0.1) is 0 Å². The molecule has 2 aliphatic carbocycles. The molecule has 0 aromatic heterocycles. The van der Waals surface area contributed by atoms with Crippen LogP contribution in [0.25, 0.3) is 0 Å². The van der Waals surface area contributed by atoms with E-state index in [-0.39, 0.29) is 35.8 Å². The van der Waals surface area contributed by atoms with Crippen molar-refractivity contribution in [3.63, 3.8) is 0 Å². The predicted molar refractivity (Wildman–Crippen MR) is 93.1 cm³/mol. The summed E-state index contributed by atoms with van der Waals surface area (Å²) in [5.41, 5.74) is 2.33. The number of esters is 1. The Kier molecular flexibility index (Phi) is 4.60. The van der Waals surface area contributed by atoms with E-state index in [9.17, 15) is 14.4 Å². The molecule has 1 saturated carbocycles. The first-order valence-electron chi connectivity index (χ1n) is 9.13. The molecular weight excluding hydrogens is 318 g/mol. The smallest absolute Gasteiger partial charge is 0.311 e. The number of allylic oxidation sites excluding steroid dienone is 2. The van der Waals surface area contributed by atoms with Crippen LogP contribution >= 0.6 is 0 Å². The van der Waals surface area contributed by atoms with Crippen molar-refractivity contribution in [2.45, 2.75) is 59.8 Å². The van der Waals surface area contributed by atoms with Gasteiger partial charge in [0.15, 0.2) is 6.73 Å². The molecule has 2 amide bonds. The quantitative estimate of drug-likeness (QED) is 0.445. The fraction of sp³-hybridized carbons (Fsp3) is 0.650. The number of hydrogen-bond donors (Lipinski definition) is 0. The van der Waals surface area contributed by atoms with Gasteiger partial charge in [-0.25, -0.2) is 4.90 Å². The van der Waals surface area contributed by atoms with Crippen molar-refractivity contribution in [3.8, 4) is 0 Å². The van der Waals surface area contributed by atoms with E-state index < -0.39 is 0 Å². The summed E-state index contributed by atoms with van der Waals surface area (Å²) in [6.07, 6.45) is 6.15. The zero-order valence-corrected chi connectivity index (χ0v) is 15.6. The topological polar surface area (TPSA) is 63.7 Å². The molecule has 0 aromatic rings. The molecule has 5 nitrogen and oxygen atoms in total. The van der Waals surface area contributed by atoms with Crippen LogP contribution < -0.4 is 0 Å². The van der Waals surface area contributed by atoms with Gasteiger partial charge in [0, 0.05) is 11.1 Å². The molecule has 1 heterocycles. The van der Waals surface area contributed by atoms with E-state index in [0.717, 1.165) is 24.2 Å². The largest absolute Gasteiger partial charge is 0.443 e. The van der Waals surface area contributed by atoms with Crippen LogP contribution in [0.15, 0.2) is 22.8 Å². The summed E-state index contributed by atoms with van der Waals surface area (Å²) < 4.78 is 5.36. The Hall–Kier alpha value is -1.91. The highest BCUT2D eigenvalue weighted by Crippen LogP contribution is 2.52. The van der Waals surface area contributed by atoms with E-state index in [1.807, 2.05) is 0 Å². The maximum Gasteiger partial charge on any atom is 0.311 e. The van der Waals surface area contributed by atoms with Crippen molar-refractivity contribution in [1.82, 2.24) is 4.90 Å². The molecule has 0 spiro atoms. The summed E-state index contributed by atoms with van der Waals surface area (Å²) in [5.74, 6) is -0.693. The number of amides is 2. The second-order valence-electron chi connectivity index (χ2n) is 8.26. The second-order valence-corrected chi connectivity index (χ2v) is 8.26. The Morgan fingerprint density at radius 3 is 2.20 bits per heavy atom. The molecular formula is C20H27NO4. The number of rotatable bonds is 4. The van der Waals surface area contributed by atoms with E-state index in [4.69, 9.17) is 4.74 Å². The number of imide groups is 1. The Morgan fingerprint density at radius 2 is 1.72 bits per heavy atom. The molecule has 2 atom stereocenters. The van der Waals surface area contributed by atoms with Crippen molar-refractivity contribution in [2.24, 2.45) is 17.3 Å². The van der Waals surface area contributed by atoms with Gasteiger partial charge in [-0.1, -0.05) is 25.5 Å². The third-order valence-corrected chi connectivity index (χ3v) is 5.97. The molecule has 0 aromatic carbocycles. The first-order chi connectivity index (χ1) is 11.7. The second kappa shape index (κ2) is 6.43. The first kappa shape index (κ1) is 17.9. The zero-order valence-electron chi connectivity index (χ0n) is 15.6. The maximum atomic E-state index is 12.5. The number of carbonyl (C=O) groups excluding carboxylic acids is 3. The lowest BCUT2D eigenvalue weighted by Gasteiger charge is -2.49. The van der Waals surface area contributed by atoms with Crippen molar-refractivity contribution in [2.75, 3.05) is 6.73 Å².